The first-order valence-corrected chi connectivity index (χ1v) is 10.3. The molecule has 0 atom stereocenters. The lowest BCUT2D eigenvalue weighted by atomic mass is 10.1. The molecular weight excluding hydrogens is 382 g/mol. The normalized spacial score (nSPS) is 11.0. The zero-order valence-electron chi connectivity index (χ0n) is 16.5. The largest absolute Gasteiger partial charge is 0.322 e. The highest BCUT2D eigenvalue weighted by Gasteiger charge is 2.14. The Bertz CT molecular complexity index is 1200. The summed E-state index contributed by atoms with van der Waals surface area (Å²) in [6.45, 7) is 5.92. The Kier molecular flexibility index (Phi) is 5.31. The minimum absolute atomic E-state index is 0.122. The van der Waals surface area contributed by atoms with Gasteiger partial charge in [-0.15, -0.1) is 5.10 Å². The van der Waals surface area contributed by atoms with Gasteiger partial charge in [0.15, 0.2) is 0 Å². The third kappa shape index (κ3) is 4.30. The summed E-state index contributed by atoms with van der Waals surface area (Å²) < 4.78 is 1.74. The van der Waals surface area contributed by atoms with Crippen molar-refractivity contribution in [1.82, 2.24) is 19.6 Å². The summed E-state index contributed by atoms with van der Waals surface area (Å²) in [6.07, 6.45) is 0. The highest BCUT2D eigenvalue weighted by Crippen LogP contribution is 2.23. The number of carbonyl (C=O) groups excluding carboxylic acids is 1. The second-order valence-electron chi connectivity index (χ2n) is 6.91. The number of carbonyl (C=O) groups is 1. The summed E-state index contributed by atoms with van der Waals surface area (Å²) >= 11 is 1.49. The molecular formula is C22H21N5OS. The van der Waals surface area contributed by atoms with Gasteiger partial charge in [-0.05, 0) is 56.2 Å². The van der Waals surface area contributed by atoms with Crippen molar-refractivity contribution < 1.29 is 4.79 Å². The van der Waals surface area contributed by atoms with E-state index in [1.165, 1.54) is 11.8 Å². The molecule has 2 heterocycles. The zero-order valence-corrected chi connectivity index (χ0v) is 17.3. The molecule has 146 valence electrons. The fraction of sp³-hybridized carbons (Fsp3) is 0.182. The maximum Gasteiger partial charge on any atom is 0.255 e. The van der Waals surface area contributed by atoms with Gasteiger partial charge in [-0.1, -0.05) is 42.1 Å². The fourth-order valence-electron chi connectivity index (χ4n) is 3.14. The number of nitrogens with one attached hydrogen (secondary N) is 1. The van der Waals surface area contributed by atoms with Gasteiger partial charge in [0.25, 0.3) is 11.7 Å². The van der Waals surface area contributed by atoms with Crippen LogP contribution in [0.3, 0.4) is 0 Å². The number of amides is 1. The first-order chi connectivity index (χ1) is 14.0. The molecule has 0 bridgehead atoms. The maximum atomic E-state index is 12.8. The van der Waals surface area contributed by atoms with Crippen LogP contribution in [-0.4, -0.2) is 25.5 Å². The number of fused-ring (bicyclic) bond motifs is 1. The topological polar surface area (TPSA) is 72.2 Å². The second-order valence-corrected chi connectivity index (χ2v) is 7.86. The molecule has 4 aromatic rings. The summed E-state index contributed by atoms with van der Waals surface area (Å²) in [5.41, 5.74) is 5.37. The number of aryl methyl sites for hydroxylation is 3. The van der Waals surface area contributed by atoms with Crippen molar-refractivity contribution in [2.24, 2.45) is 0 Å². The van der Waals surface area contributed by atoms with Gasteiger partial charge >= 0.3 is 0 Å². The molecule has 0 aliphatic heterocycles. The van der Waals surface area contributed by atoms with Crippen molar-refractivity contribution in [3.05, 3.63) is 82.7 Å². The van der Waals surface area contributed by atoms with E-state index < -0.39 is 0 Å². The Morgan fingerprint density at radius 2 is 1.86 bits per heavy atom. The lowest BCUT2D eigenvalue weighted by Crippen LogP contribution is -2.14. The number of rotatable bonds is 5. The molecule has 0 saturated heterocycles. The summed E-state index contributed by atoms with van der Waals surface area (Å²) in [4.78, 5) is 21.7. The molecule has 0 aliphatic carbocycles. The SMILES string of the molecule is Cc1cccc(NC(=O)c2ccccc2CSc2nc3nc(C)cc(C)n3n2)c1. The highest BCUT2D eigenvalue weighted by atomic mass is 32.2. The smallest absolute Gasteiger partial charge is 0.255 e. The van der Waals surface area contributed by atoms with Crippen LogP contribution in [0.4, 0.5) is 5.69 Å². The summed E-state index contributed by atoms with van der Waals surface area (Å²) in [5.74, 6) is 1.06. The molecule has 0 unspecified atom stereocenters. The molecule has 4 rings (SSSR count). The molecule has 2 aromatic carbocycles. The van der Waals surface area contributed by atoms with E-state index in [1.54, 1.807) is 4.52 Å². The van der Waals surface area contributed by atoms with Crippen LogP contribution in [0.15, 0.2) is 59.8 Å². The molecule has 0 radical (unpaired) electrons. The van der Waals surface area contributed by atoms with Gasteiger partial charge in [0.1, 0.15) is 0 Å². The van der Waals surface area contributed by atoms with Crippen molar-refractivity contribution in [3.63, 3.8) is 0 Å². The fourth-order valence-corrected chi connectivity index (χ4v) is 3.96. The standard InChI is InChI=1S/C22H21N5OS/c1-14-7-6-9-18(11-14)24-20(28)19-10-5-4-8-17(19)13-29-22-25-21-23-15(2)12-16(3)27(21)26-22/h4-12H,13H2,1-3H3,(H,24,28). The molecule has 1 amide bonds. The highest BCUT2D eigenvalue weighted by molar-refractivity contribution is 7.98. The number of hydrogen-bond acceptors (Lipinski definition) is 5. The summed E-state index contributed by atoms with van der Waals surface area (Å²) in [5, 5.41) is 8.14. The van der Waals surface area contributed by atoms with Crippen LogP contribution in [0.5, 0.6) is 0 Å². The summed E-state index contributed by atoms with van der Waals surface area (Å²) in [6, 6.07) is 17.4. The number of aromatic nitrogens is 4. The molecule has 7 heteroatoms. The Hall–Kier alpha value is -3.19. The predicted octanol–water partition coefficient (Wildman–Crippen LogP) is 4.59. The molecule has 0 spiro atoms. The Labute approximate surface area is 173 Å². The molecule has 6 nitrogen and oxygen atoms in total. The van der Waals surface area contributed by atoms with Crippen molar-refractivity contribution in [1.29, 1.82) is 0 Å². The summed E-state index contributed by atoms with van der Waals surface area (Å²) in [7, 11) is 0. The van der Waals surface area contributed by atoms with Crippen molar-refractivity contribution in [3.8, 4) is 0 Å². The first-order valence-electron chi connectivity index (χ1n) is 9.29. The predicted molar refractivity (Wildman–Crippen MR) is 115 cm³/mol. The van der Waals surface area contributed by atoms with Crippen molar-refractivity contribution in [2.45, 2.75) is 31.7 Å². The Morgan fingerprint density at radius 3 is 2.69 bits per heavy atom. The van der Waals surface area contributed by atoms with Crippen LogP contribution in [0.2, 0.25) is 0 Å². The number of anilines is 1. The molecule has 0 fully saturated rings. The van der Waals surface area contributed by atoms with Crippen LogP contribution in [-0.2, 0) is 5.75 Å². The third-order valence-electron chi connectivity index (χ3n) is 4.49. The first kappa shape index (κ1) is 19.1. The van der Waals surface area contributed by atoms with E-state index in [-0.39, 0.29) is 5.91 Å². The minimum atomic E-state index is -0.122. The van der Waals surface area contributed by atoms with Crippen LogP contribution in [0.25, 0.3) is 5.78 Å². The van der Waals surface area contributed by atoms with E-state index in [0.717, 1.165) is 28.2 Å². The molecule has 1 N–H and O–H groups in total. The van der Waals surface area contributed by atoms with E-state index in [4.69, 9.17) is 0 Å². The number of nitrogens with zero attached hydrogens (tertiary/aromatic N) is 4. The van der Waals surface area contributed by atoms with Gasteiger partial charge < -0.3 is 5.32 Å². The van der Waals surface area contributed by atoms with Crippen molar-refractivity contribution in [2.75, 3.05) is 5.32 Å². The minimum Gasteiger partial charge on any atom is -0.322 e. The van der Waals surface area contributed by atoms with Crippen LogP contribution in [0, 0.1) is 20.8 Å². The molecule has 0 saturated carbocycles. The Morgan fingerprint density at radius 1 is 1.03 bits per heavy atom. The van der Waals surface area contributed by atoms with Crippen molar-refractivity contribution >= 4 is 29.1 Å². The van der Waals surface area contributed by atoms with Gasteiger partial charge in [0, 0.05) is 28.4 Å². The third-order valence-corrected chi connectivity index (χ3v) is 5.38. The average Bonchev–Trinajstić information content (AvgIpc) is 3.10. The Balaban J connectivity index is 1.53. The van der Waals surface area contributed by atoms with Gasteiger partial charge in [0.05, 0.1) is 0 Å². The van der Waals surface area contributed by atoms with Gasteiger partial charge in [-0.3, -0.25) is 4.79 Å². The van der Waals surface area contributed by atoms with E-state index in [9.17, 15) is 4.79 Å². The van der Waals surface area contributed by atoms with Crippen LogP contribution < -0.4 is 5.32 Å². The lowest BCUT2D eigenvalue weighted by molar-refractivity contribution is 0.102. The van der Waals surface area contributed by atoms with Gasteiger partial charge in [-0.25, -0.2) is 9.50 Å². The number of benzene rings is 2. The average molecular weight is 404 g/mol. The van der Waals surface area contributed by atoms with E-state index in [1.807, 2.05) is 75.4 Å². The number of hydrogen-bond donors (Lipinski definition) is 1. The van der Waals surface area contributed by atoms with Gasteiger partial charge in [0.2, 0.25) is 5.16 Å². The molecule has 0 aliphatic rings. The zero-order chi connectivity index (χ0) is 20.4. The van der Waals surface area contributed by atoms with E-state index >= 15 is 0 Å². The van der Waals surface area contributed by atoms with E-state index in [0.29, 0.717) is 22.3 Å². The second kappa shape index (κ2) is 8.05. The maximum absolute atomic E-state index is 12.8. The monoisotopic (exact) mass is 403 g/mol. The quantitative estimate of drug-likeness (QED) is 0.493. The number of thioether (sulfide) groups is 1. The lowest BCUT2D eigenvalue weighted by Gasteiger charge is -2.10. The van der Waals surface area contributed by atoms with Crippen LogP contribution in [0.1, 0.15) is 32.9 Å². The molecule has 29 heavy (non-hydrogen) atoms. The van der Waals surface area contributed by atoms with Crippen LogP contribution >= 0.6 is 11.8 Å². The molecule has 2 aromatic heterocycles. The van der Waals surface area contributed by atoms with E-state index in [2.05, 4.69) is 20.4 Å². The van der Waals surface area contributed by atoms with Gasteiger partial charge in [-0.2, -0.15) is 4.98 Å².